The highest BCUT2D eigenvalue weighted by Gasteiger charge is 2.50. The van der Waals surface area contributed by atoms with Gasteiger partial charge in [0.1, 0.15) is 11.5 Å². The predicted molar refractivity (Wildman–Crippen MR) is 113 cm³/mol. The van der Waals surface area contributed by atoms with Crippen molar-refractivity contribution in [3.05, 3.63) is 48.2 Å². The summed E-state index contributed by atoms with van der Waals surface area (Å²) in [5.74, 6) is -0.868. The number of rotatable bonds is 6. The third-order valence-corrected chi connectivity index (χ3v) is 5.22. The van der Waals surface area contributed by atoms with Gasteiger partial charge in [-0.2, -0.15) is 9.65 Å². The summed E-state index contributed by atoms with van der Waals surface area (Å²) in [7, 11) is 1.57. The van der Waals surface area contributed by atoms with Crippen LogP contribution < -0.4 is 10.6 Å². The van der Waals surface area contributed by atoms with E-state index in [0.717, 1.165) is 0 Å². The molecule has 33 heavy (non-hydrogen) atoms. The summed E-state index contributed by atoms with van der Waals surface area (Å²) in [6.07, 6.45) is 2.08. The number of ether oxygens (including phenoxy) is 1. The average molecular weight is 450 g/mol. The molecule has 0 unspecified atom stereocenters. The van der Waals surface area contributed by atoms with Crippen LogP contribution in [0.3, 0.4) is 0 Å². The molecule has 3 aromatic heterocycles. The Morgan fingerprint density at radius 3 is 2.70 bits per heavy atom. The zero-order chi connectivity index (χ0) is 23.6. The number of carbonyl (C=O) groups excluding carboxylic acids is 2. The Bertz CT molecular complexity index is 1250. The summed E-state index contributed by atoms with van der Waals surface area (Å²) in [5.41, 5.74) is 0.263. The van der Waals surface area contributed by atoms with Crippen molar-refractivity contribution in [1.82, 2.24) is 25.0 Å². The van der Waals surface area contributed by atoms with Crippen molar-refractivity contribution in [2.75, 3.05) is 10.6 Å². The van der Waals surface area contributed by atoms with Crippen molar-refractivity contribution in [3.8, 4) is 17.5 Å². The number of nitrogens with one attached hydrogen (secondary N) is 2. The Morgan fingerprint density at radius 2 is 2.06 bits per heavy atom. The van der Waals surface area contributed by atoms with Crippen molar-refractivity contribution < 1.29 is 18.7 Å². The lowest BCUT2D eigenvalue weighted by molar-refractivity contribution is -0.119. The van der Waals surface area contributed by atoms with Gasteiger partial charge in [0.2, 0.25) is 11.9 Å². The molecule has 0 spiro atoms. The topological polar surface area (TPSA) is 148 Å². The molecule has 2 amide bonds. The quantitative estimate of drug-likeness (QED) is 0.545. The summed E-state index contributed by atoms with van der Waals surface area (Å²) < 4.78 is 20.4. The molecule has 0 saturated heterocycles. The van der Waals surface area contributed by atoms with Crippen LogP contribution in [0.5, 0.6) is 0 Å². The molecule has 11 nitrogen and oxygen atoms in total. The Balaban J connectivity index is 1.45. The smallest absolute Gasteiger partial charge is 0.413 e. The van der Waals surface area contributed by atoms with E-state index in [-0.39, 0.29) is 23.0 Å². The van der Waals surface area contributed by atoms with Gasteiger partial charge in [0.25, 0.3) is 0 Å². The van der Waals surface area contributed by atoms with E-state index >= 15 is 0 Å². The van der Waals surface area contributed by atoms with E-state index in [0.29, 0.717) is 24.2 Å². The molecule has 0 bridgehead atoms. The Kier molecular flexibility index (Phi) is 5.70. The van der Waals surface area contributed by atoms with E-state index in [4.69, 9.17) is 10.00 Å². The fourth-order valence-electron chi connectivity index (χ4n) is 3.09. The first kappa shape index (κ1) is 21.8. The predicted octanol–water partition coefficient (Wildman–Crippen LogP) is 2.96. The van der Waals surface area contributed by atoms with E-state index < -0.39 is 23.6 Å². The first-order chi connectivity index (χ1) is 15.8. The monoisotopic (exact) mass is 450 g/mol. The zero-order valence-electron chi connectivity index (χ0n) is 17.7. The van der Waals surface area contributed by atoms with Gasteiger partial charge in [-0.05, 0) is 44.0 Å². The van der Waals surface area contributed by atoms with E-state index in [1.54, 1.807) is 25.2 Å². The summed E-state index contributed by atoms with van der Waals surface area (Å²) in [6, 6.07) is 8.26. The molecule has 12 heteroatoms. The number of pyridine rings is 2. The molecule has 1 aliphatic carbocycles. The third-order valence-electron chi connectivity index (χ3n) is 5.22. The minimum absolute atomic E-state index is 0.139. The maximum absolute atomic E-state index is 13.8. The van der Waals surface area contributed by atoms with Crippen LogP contribution in [-0.2, 0) is 16.6 Å². The number of carbonyl (C=O) groups is 2. The summed E-state index contributed by atoms with van der Waals surface area (Å²) in [6.45, 7) is 1.52. The van der Waals surface area contributed by atoms with E-state index in [1.165, 1.54) is 30.1 Å². The van der Waals surface area contributed by atoms with Gasteiger partial charge in [-0.15, -0.1) is 5.10 Å². The number of anilines is 2. The minimum atomic E-state index is -0.948. The highest BCUT2D eigenvalue weighted by atomic mass is 19.1. The van der Waals surface area contributed by atoms with Crippen LogP contribution in [0.1, 0.15) is 31.4 Å². The molecule has 0 radical (unpaired) electrons. The number of nitriles is 1. The summed E-state index contributed by atoms with van der Waals surface area (Å²) in [4.78, 5) is 32.4. The van der Waals surface area contributed by atoms with E-state index in [9.17, 15) is 14.0 Å². The van der Waals surface area contributed by atoms with Crippen LogP contribution in [0.2, 0.25) is 0 Å². The molecular weight excluding hydrogens is 431 g/mol. The maximum atomic E-state index is 13.8. The van der Waals surface area contributed by atoms with Crippen LogP contribution in [-0.4, -0.2) is 37.0 Å². The van der Waals surface area contributed by atoms with Crippen LogP contribution >= 0.6 is 0 Å². The lowest BCUT2D eigenvalue weighted by Gasteiger charge is -2.14. The Hall–Kier alpha value is -4.40. The number of aryl methyl sites for hydroxylation is 1. The molecule has 0 aromatic carbocycles. The van der Waals surface area contributed by atoms with Gasteiger partial charge < -0.3 is 10.1 Å². The first-order valence-corrected chi connectivity index (χ1v) is 10.00. The zero-order valence-corrected chi connectivity index (χ0v) is 17.7. The molecule has 1 aliphatic rings. The highest BCUT2D eigenvalue weighted by molar-refractivity contribution is 5.99. The molecule has 4 rings (SSSR count). The minimum Gasteiger partial charge on any atom is -0.441 e. The molecule has 3 heterocycles. The van der Waals surface area contributed by atoms with E-state index in [1.807, 2.05) is 6.07 Å². The van der Waals surface area contributed by atoms with Crippen molar-refractivity contribution in [2.24, 2.45) is 12.5 Å². The molecule has 168 valence electrons. The fourth-order valence-corrected chi connectivity index (χ4v) is 3.09. The number of amides is 2. The fraction of sp³-hybridized carbons (Fsp3) is 0.286. The lowest BCUT2D eigenvalue weighted by Crippen LogP contribution is -2.22. The SMILES string of the molecule is C[C@@H](OC(=O)Nc1c(-c2ccc(NC(=O)C3(C#N)CC3)cn2)nnn1C)c1cccnc1F. The average Bonchev–Trinajstić information content (AvgIpc) is 3.53. The standard InChI is InChI=1S/C21H19FN8O3/c1-12(14-4-3-9-24-17(14)22)33-20(32)27-18-16(28-29-30(18)2)15-6-5-13(10-25-15)26-19(31)21(11-23)7-8-21/h3-6,9-10,12H,7-8H2,1-2H3,(H,26,31)(H,27,32)/t12-/m1/s1. The number of halogens is 1. The summed E-state index contributed by atoms with van der Waals surface area (Å²) >= 11 is 0. The van der Waals surface area contributed by atoms with Crippen molar-refractivity contribution >= 4 is 23.5 Å². The Labute approximate surface area is 187 Å². The van der Waals surface area contributed by atoms with Gasteiger partial charge in [0, 0.05) is 18.8 Å². The third kappa shape index (κ3) is 4.47. The van der Waals surface area contributed by atoms with Crippen molar-refractivity contribution in [2.45, 2.75) is 25.9 Å². The number of aromatic nitrogens is 5. The molecule has 1 saturated carbocycles. The number of nitrogens with zero attached hydrogens (tertiary/aromatic N) is 6. The summed E-state index contributed by atoms with van der Waals surface area (Å²) in [5, 5.41) is 22.3. The maximum Gasteiger partial charge on any atom is 0.413 e. The van der Waals surface area contributed by atoms with Crippen LogP contribution in [0, 0.1) is 22.7 Å². The molecule has 3 aromatic rings. The second-order valence-electron chi connectivity index (χ2n) is 7.55. The van der Waals surface area contributed by atoms with Crippen LogP contribution in [0.25, 0.3) is 11.4 Å². The van der Waals surface area contributed by atoms with Gasteiger partial charge in [-0.3, -0.25) is 15.1 Å². The van der Waals surface area contributed by atoms with Gasteiger partial charge in [-0.1, -0.05) is 5.21 Å². The van der Waals surface area contributed by atoms with Gasteiger partial charge in [-0.25, -0.2) is 14.5 Å². The number of hydrogen-bond donors (Lipinski definition) is 2. The molecule has 0 aliphatic heterocycles. The Morgan fingerprint density at radius 1 is 1.27 bits per heavy atom. The normalized spacial score (nSPS) is 14.6. The van der Waals surface area contributed by atoms with Crippen LogP contribution in [0.4, 0.5) is 20.7 Å². The second kappa shape index (κ2) is 8.62. The molecule has 1 atom stereocenters. The van der Waals surface area contributed by atoms with Crippen LogP contribution in [0.15, 0.2) is 36.7 Å². The van der Waals surface area contributed by atoms with Gasteiger partial charge in [0.05, 0.1) is 23.6 Å². The lowest BCUT2D eigenvalue weighted by atomic mass is 10.1. The van der Waals surface area contributed by atoms with Crippen molar-refractivity contribution in [1.29, 1.82) is 5.26 Å². The van der Waals surface area contributed by atoms with Gasteiger partial charge >= 0.3 is 6.09 Å². The second-order valence-corrected chi connectivity index (χ2v) is 7.55. The molecule has 2 N–H and O–H groups in total. The first-order valence-electron chi connectivity index (χ1n) is 10.00. The van der Waals surface area contributed by atoms with Gasteiger partial charge in [0.15, 0.2) is 11.5 Å². The van der Waals surface area contributed by atoms with Crippen molar-refractivity contribution in [3.63, 3.8) is 0 Å². The highest BCUT2D eigenvalue weighted by Crippen LogP contribution is 2.45. The number of hydrogen-bond acceptors (Lipinski definition) is 8. The van der Waals surface area contributed by atoms with E-state index in [2.05, 4.69) is 30.9 Å². The molecular formula is C21H19FN8O3. The largest absolute Gasteiger partial charge is 0.441 e. The molecule has 1 fully saturated rings.